The normalized spacial score (nSPS) is 19.3. The molecule has 5 nitrogen and oxygen atoms in total. The molecule has 0 aliphatic carbocycles. The molecule has 0 radical (unpaired) electrons. The van der Waals surface area contributed by atoms with Gasteiger partial charge in [-0.2, -0.15) is 0 Å². The highest BCUT2D eigenvalue weighted by Crippen LogP contribution is 2.34. The van der Waals surface area contributed by atoms with Gasteiger partial charge in [0.2, 0.25) is 0 Å². The number of ketones is 1. The number of carbonyl (C=O) groups is 1. The number of rotatable bonds is 4. The molecule has 5 heteroatoms. The first-order valence-corrected chi connectivity index (χ1v) is 8.91. The van der Waals surface area contributed by atoms with Gasteiger partial charge in [0.15, 0.2) is 17.3 Å². The van der Waals surface area contributed by atoms with Crippen molar-refractivity contribution in [2.24, 2.45) is 5.92 Å². The summed E-state index contributed by atoms with van der Waals surface area (Å²) < 4.78 is 16.6. The van der Waals surface area contributed by atoms with Gasteiger partial charge in [0, 0.05) is 19.6 Å². The molecule has 136 valence electrons. The average Bonchev–Trinajstić information content (AvgIpc) is 2.69. The molecule has 1 atom stereocenters. The van der Waals surface area contributed by atoms with E-state index in [4.69, 9.17) is 14.2 Å². The summed E-state index contributed by atoms with van der Waals surface area (Å²) in [4.78, 5) is 15.1. The lowest BCUT2D eigenvalue weighted by molar-refractivity contribution is 0.0757. The summed E-state index contributed by atoms with van der Waals surface area (Å²) in [5.41, 5.74) is 3.22. The van der Waals surface area contributed by atoms with Gasteiger partial charge in [-0.25, -0.2) is 0 Å². The van der Waals surface area contributed by atoms with E-state index in [1.165, 1.54) is 11.1 Å². The van der Waals surface area contributed by atoms with Gasteiger partial charge in [0.25, 0.3) is 0 Å². The standard InChI is InChI=1S/C21H23NO4/c1-24-19-9-14-7-8-22(11-15(14)10-20(19)25-2)12-16-13-26-18-6-4-3-5-17(18)21(16)23/h3-6,9-10,16H,7-8,11-13H2,1-2H3/t16-/m0/s1. The Bertz CT molecular complexity index is 833. The molecule has 0 saturated carbocycles. The zero-order chi connectivity index (χ0) is 18.1. The van der Waals surface area contributed by atoms with E-state index in [1.807, 2.05) is 24.3 Å². The molecule has 2 aromatic carbocycles. The first kappa shape index (κ1) is 16.9. The molecule has 0 amide bonds. The minimum absolute atomic E-state index is 0.119. The van der Waals surface area contributed by atoms with Crippen molar-refractivity contribution in [1.29, 1.82) is 0 Å². The summed E-state index contributed by atoms with van der Waals surface area (Å²) in [5.74, 6) is 2.29. The summed E-state index contributed by atoms with van der Waals surface area (Å²) in [7, 11) is 3.31. The third-order valence-electron chi connectivity index (χ3n) is 5.24. The van der Waals surface area contributed by atoms with Gasteiger partial charge in [0.1, 0.15) is 5.75 Å². The molecule has 2 heterocycles. The van der Waals surface area contributed by atoms with Crippen molar-refractivity contribution in [2.75, 3.05) is 33.9 Å². The van der Waals surface area contributed by atoms with Crippen LogP contribution in [0.2, 0.25) is 0 Å². The molecular weight excluding hydrogens is 330 g/mol. The van der Waals surface area contributed by atoms with E-state index < -0.39 is 0 Å². The largest absolute Gasteiger partial charge is 0.493 e. The number of hydrogen-bond acceptors (Lipinski definition) is 5. The summed E-state index contributed by atoms with van der Waals surface area (Å²) in [6, 6.07) is 11.6. The van der Waals surface area contributed by atoms with Gasteiger partial charge in [-0.1, -0.05) is 12.1 Å². The minimum Gasteiger partial charge on any atom is -0.493 e. The third-order valence-corrected chi connectivity index (χ3v) is 5.24. The van der Waals surface area contributed by atoms with Crippen molar-refractivity contribution < 1.29 is 19.0 Å². The van der Waals surface area contributed by atoms with E-state index in [1.54, 1.807) is 14.2 Å². The van der Waals surface area contributed by atoms with E-state index >= 15 is 0 Å². The van der Waals surface area contributed by atoms with Gasteiger partial charge in [-0.05, 0) is 41.8 Å². The average molecular weight is 353 g/mol. The van der Waals surface area contributed by atoms with Gasteiger partial charge in [0.05, 0.1) is 32.3 Å². The van der Waals surface area contributed by atoms with Crippen molar-refractivity contribution in [1.82, 2.24) is 4.90 Å². The summed E-state index contributed by atoms with van der Waals surface area (Å²) in [5, 5.41) is 0. The Morgan fingerprint density at radius 1 is 1.12 bits per heavy atom. The highest BCUT2D eigenvalue weighted by molar-refractivity contribution is 6.01. The number of carbonyl (C=O) groups excluding carboxylic acids is 1. The molecule has 0 aromatic heterocycles. The molecule has 0 N–H and O–H groups in total. The Morgan fingerprint density at radius 3 is 2.62 bits per heavy atom. The molecule has 0 spiro atoms. The topological polar surface area (TPSA) is 48.0 Å². The highest BCUT2D eigenvalue weighted by Gasteiger charge is 2.31. The number of Topliss-reactive ketones (excluding diaryl/α,β-unsaturated/α-hetero) is 1. The van der Waals surface area contributed by atoms with Gasteiger partial charge < -0.3 is 14.2 Å². The molecule has 2 aliphatic rings. The fourth-order valence-corrected chi connectivity index (χ4v) is 3.83. The van der Waals surface area contributed by atoms with Crippen molar-refractivity contribution in [3.63, 3.8) is 0 Å². The van der Waals surface area contributed by atoms with E-state index in [0.29, 0.717) is 24.5 Å². The lowest BCUT2D eigenvalue weighted by Gasteiger charge is -2.33. The minimum atomic E-state index is -0.119. The molecule has 0 saturated heterocycles. The van der Waals surface area contributed by atoms with Crippen LogP contribution in [0.25, 0.3) is 0 Å². The summed E-state index contributed by atoms with van der Waals surface area (Å²) in [6.45, 7) is 2.89. The molecule has 0 unspecified atom stereocenters. The van der Waals surface area contributed by atoms with Crippen molar-refractivity contribution in [2.45, 2.75) is 13.0 Å². The summed E-state index contributed by atoms with van der Waals surface area (Å²) >= 11 is 0. The summed E-state index contributed by atoms with van der Waals surface area (Å²) in [6.07, 6.45) is 0.939. The fourth-order valence-electron chi connectivity index (χ4n) is 3.83. The van der Waals surface area contributed by atoms with Crippen molar-refractivity contribution in [3.05, 3.63) is 53.1 Å². The monoisotopic (exact) mass is 353 g/mol. The van der Waals surface area contributed by atoms with Crippen LogP contribution in [-0.4, -0.2) is 44.6 Å². The van der Waals surface area contributed by atoms with E-state index in [-0.39, 0.29) is 11.7 Å². The highest BCUT2D eigenvalue weighted by atomic mass is 16.5. The Labute approximate surface area is 153 Å². The second-order valence-corrected chi connectivity index (χ2v) is 6.83. The maximum Gasteiger partial charge on any atom is 0.174 e. The number of methoxy groups -OCH3 is 2. The van der Waals surface area contributed by atoms with Gasteiger partial charge >= 0.3 is 0 Å². The van der Waals surface area contributed by atoms with Crippen LogP contribution >= 0.6 is 0 Å². The van der Waals surface area contributed by atoms with Crippen molar-refractivity contribution in [3.8, 4) is 17.2 Å². The Hall–Kier alpha value is -2.53. The van der Waals surface area contributed by atoms with Crippen LogP contribution in [0, 0.1) is 5.92 Å². The predicted octanol–water partition coefficient (Wildman–Crippen LogP) is 2.95. The molecular formula is C21H23NO4. The Balaban J connectivity index is 1.49. The Morgan fingerprint density at radius 2 is 1.85 bits per heavy atom. The Kier molecular flexibility index (Phi) is 4.55. The van der Waals surface area contributed by atoms with Crippen LogP contribution < -0.4 is 14.2 Å². The number of ether oxygens (including phenoxy) is 3. The smallest absolute Gasteiger partial charge is 0.174 e. The van der Waals surface area contributed by atoms with Crippen molar-refractivity contribution >= 4 is 5.78 Å². The van der Waals surface area contributed by atoms with Crippen LogP contribution in [-0.2, 0) is 13.0 Å². The molecule has 4 rings (SSSR count). The lowest BCUT2D eigenvalue weighted by Crippen LogP contribution is -2.41. The molecule has 2 aliphatic heterocycles. The number of benzene rings is 2. The second kappa shape index (κ2) is 7.00. The second-order valence-electron chi connectivity index (χ2n) is 6.83. The molecule has 0 fully saturated rings. The third kappa shape index (κ3) is 3.03. The zero-order valence-corrected chi connectivity index (χ0v) is 15.2. The van der Waals surface area contributed by atoms with Gasteiger partial charge in [-0.15, -0.1) is 0 Å². The molecule has 0 bridgehead atoms. The van der Waals surface area contributed by atoms with E-state index in [2.05, 4.69) is 17.0 Å². The fraction of sp³-hybridized carbons (Fsp3) is 0.381. The quantitative estimate of drug-likeness (QED) is 0.846. The predicted molar refractivity (Wildman–Crippen MR) is 98.3 cm³/mol. The van der Waals surface area contributed by atoms with Crippen LogP contribution in [0.3, 0.4) is 0 Å². The van der Waals surface area contributed by atoms with Crippen LogP contribution in [0.1, 0.15) is 21.5 Å². The van der Waals surface area contributed by atoms with E-state index in [0.717, 1.165) is 31.0 Å². The molecule has 26 heavy (non-hydrogen) atoms. The maximum atomic E-state index is 12.8. The SMILES string of the molecule is COc1cc2c(cc1OC)CN(C[C@H]1COc3ccccc3C1=O)CC2. The lowest BCUT2D eigenvalue weighted by atomic mass is 9.93. The maximum absolute atomic E-state index is 12.8. The van der Waals surface area contributed by atoms with Crippen LogP contribution in [0.15, 0.2) is 36.4 Å². The number of fused-ring (bicyclic) bond motifs is 2. The van der Waals surface area contributed by atoms with Gasteiger partial charge in [-0.3, -0.25) is 9.69 Å². The number of para-hydroxylation sites is 1. The van der Waals surface area contributed by atoms with E-state index in [9.17, 15) is 4.79 Å². The zero-order valence-electron chi connectivity index (χ0n) is 15.2. The first-order valence-electron chi connectivity index (χ1n) is 8.91. The first-order chi connectivity index (χ1) is 12.7. The number of nitrogens with zero attached hydrogens (tertiary/aromatic N) is 1. The van der Waals surface area contributed by atoms with Crippen LogP contribution in [0.4, 0.5) is 0 Å². The molecule has 2 aromatic rings. The van der Waals surface area contributed by atoms with Crippen LogP contribution in [0.5, 0.6) is 17.2 Å². The number of hydrogen-bond donors (Lipinski definition) is 0.